The number of hydrazone groups is 1. The number of hydrogen-bond donors (Lipinski definition) is 3. The van der Waals surface area contributed by atoms with Crippen LogP contribution in [0.3, 0.4) is 0 Å². The molecule has 0 amide bonds. The molecule has 0 saturated heterocycles. The Morgan fingerprint density at radius 3 is 2.50 bits per heavy atom. The van der Waals surface area contributed by atoms with Crippen LogP contribution in [0, 0.1) is 0 Å². The van der Waals surface area contributed by atoms with Crippen LogP contribution in [0.4, 0.5) is 5.69 Å². The average Bonchev–Trinajstić information content (AvgIpc) is 2.67. The molecule has 1 heterocycles. The quantitative estimate of drug-likeness (QED) is 0.701. The van der Waals surface area contributed by atoms with E-state index in [4.69, 9.17) is 27.8 Å². The molecule has 1 aliphatic rings. The molecule has 94 valence electrons. The number of rotatable bonds is 3. The molecule has 1 aromatic carbocycles. The second-order valence-electron chi connectivity index (χ2n) is 3.39. The Morgan fingerprint density at radius 1 is 1.28 bits per heavy atom. The van der Waals surface area contributed by atoms with Crippen molar-refractivity contribution in [2.45, 2.75) is 0 Å². The van der Waals surface area contributed by atoms with Crippen LogP contribution in [0.25, 0.3) is 0 Å². The van der Waals surface area contributed by atoms with Gasteiger partial charge in [-0.25, -0.2) is 0 Å². The third kappa shape index (κ3) is 2.35. The van der Waals surface area contributed by atoms with Crippen LogP contribution in [0.1, 0.15) is 0 Å². The minimum atomic E-state index is 0.166. The van der Waals surface area contributed by atoms with E-state index in [2.05, 4.69) is 20.7 Å². The first-order valence-corrected chi connectivity index (χ1v) is 5.34. The molecule has 18 heavy (non-hydrogen) atoms. The predicted molar refractivity (Wildman–Crippen MR) is 72.3 cm³/mol. The largest absolute Gasteiger partial charge is 0.495 e. The highest BCUT2D eigenvalue weighted by atomic mass is 35.5. The third-order valence-corrected chi connectivity index (χ3v) is 2.49. The molecule has 0 fully saturated rings. The van der Waals surface area contributed by atoms with Gasteiger partial charge in [0.05, 0.1) is 17.8 Å². The van der Waals surface area contributed by atoms with Gasteiger partial charge in [-0.1, -0.05) is 11.6 Å². The second-order valence-corrected chi connectivity index (χ2v) is 3.80. The number of nitrogens with two attached hydrogens (primary N) is 2. The predicted octanol–water partition coefficient (Wildman–Crippen LogP) is 0.759. The van der Waals surface area contributed by atoms with Gasteiger partial charge < -0.3 is 16.2 Å². The molecule has 0 saturated carbocycles. The highest BCUT2D eigenvalue weighted by Crippen LogP contribution is 2.27. The molecule has 1 aromatic rings. The lowest BCUT2D eigenvalue weighted by Gasteiger charge is -2.06. The third-order valence-electron chi connectivity index (χ3n) is 2.20. The lowest BCUT2D eigenvalue weighted by molar-refractivity contribution is 0.415. The number of nitrogens with one attached hydrogen (secondary N) is 1. The maximum Gasteiger partial charge on any atom is 0.177 e. The average molecular weight is 267 g/mol. The lowest BCUT2D eigenvalue weighted by atomic mass is 10.3. The first-order chi connectivity index (χ1) is 8.61. The Kier molecular flexibility index (Phi) is 3.33. The Balaban J connectivity index is 2.16. The summed E-state index contributed by atoms with van der Waals surface area (Å²) >= 11 is 5.97. The summed E-state index contributed by atoms with van der Waals surface area (Å²) in [7, 11) is 1.54. The van der Waals surface area contributed by atoms with Gasteiger partial charge in [-0.15, -0.1) is 10.2 Å². The summed E-state index contributed by atoms with van der Waals surface area (Å²) in [6, 6.07) is 5.14. The summed E-state index contributed by atoms with van der Waals surface area (Å²) < 4.78 is 5.04. The molecule has 8 heteroatoms. The number of anilines is 1. The number of benzene rings is 1. The van der Waals surface area contributed by atoms with E-state index in [1.165, 1.54) is 0 Å². The first-order valence-electron chi connectivity index (χ1n) is 4.96. The zero-order valence-corrected chi connectivity index (χ0v) is 10.3. The molecule has 0 aromatic heterocycles. The van der Waals surface area contributed by atoms with Gasteiger partial charge in [0.1, 0.15) is 5.75 Å². The number of amidine groups is 2. The van der Waals surface area contributed by atoms with Crippen LogP contribution in [0.2, 0.25) is 5.02 Å². The highest BCUT2D eigenvalue weighted by molar-refractivity contribution is 6.68. The minimum Gasteiger partial charge on any atom is -0.495 e. The molecular weight excluding hydrogens is 256 g/mol. The molecule has 0 aliphatic carbocycles. The van der Waals surface area contributed by atoms with Crippen molar-refractivity contribution in [1.82, 2.24) is 0 Å². The Bertz CT molecular complexity index is 545. The second kappa shape index (κ2) is 4.92. The van der Waals surface area contributed by atoms with Crippen LogP contribution in [-0.2, 0) is 0 Å². The summed E-state index contributed by atoms with van der Waals surface area (Å²) in [5.41, 5.74) is 14.8. The molecular formula is C10H11ClN6O. The van der Waals surface area contributed by atoms with Crippen LogP contribution >= 0.6 is 11.6 Å². The van der Waals surface area contributed by atoms with Crippen LogP contribution < -0.4 is 21.6 Å². The SMILES string of the molecule is COc1ccc(NN=C2C(N)=NN=C2N)cc1Cl. The number of ether oxygens (including phenoxy) is 1. The lowest BCUT2D eigenvalue weighted by Crippen LogP contribution is -2.32. The number of nitrogens with zero attached hydrogens (tertiary/aromatic N) is 3. The summed E-state index contributed by atoms with van der Waals surface area (Å²) in [6.45, 7) is 0. The van der Waals surface area contributed by atoms with Crippen molar-refractivity contribution >= 4 is 34.7 Å². The van der Waals surface area contributed by atoms with Gasteiger partial charge in [-0.3, -0.25) is 5.43 Å². The van der Waals surface area contributed by atoms with E-state index in [0.29, 0.717) is 22.2 Å². The van der Waals surface area contributed by atoms with E-state index in [1.807, 2.05) is 0 Å². The summed E-state index contributed by atoms with van der Waals surface area (Å²) in [6.07, 6.45) is 0. The van der Waals surface area contributed by atoms with E-state index in [-0.39, 0.29) is 11.7 Å². The fraction of sp³-hybridized carbons (Fsp3) is 0.100. The van der Waals surface area contributed by atoms with Crippen molar-refractivity contribution in [3.8, 4) is 5.75 Å². The van der Waals surface area contributed by atoms with E-state index in [9.17, 15) is 0 Å². The smallest absolute Gasteiger partial charge is 0.177 e. The topological polar surface area (TPSA) is 110 Å². The standard InChI is InChI=1S/C10H11ClN6O/c1-18-7-3-2-5(4-6(7)11)14-15-8-9(12)16-17-10(8)13/h2-4,14H,1H3,(H4,12,13,15,16,17). The highest BCUT2D eigenvalue weighted by Gasteiger charge is 2.16. The van der Waals surface area contributed by atoms with Crippen LogP contribution in [0.15, 0.2) is 33.5 Å². The summed E-state index contributed by atoms with van der Waals surface area (Å²) in [5, 5.41) is 11.7. The molecule has 0 radical (unpaired) electrons. The molecule has 0 spiro atoms. The zero-order chi connectivity index (χ0) is 13.1. The summed E-state index contributed by atoms with van der Waals surface area (Å²) in [5.74, 6) is 0.914. The molecule has 7 nitrogen and oxygen atoms in total. The van der Waals surface area contributed by atoms with Crippen molar-refractivity contribution in [2.75, 3.05) is 12.5 Å². The Hall–Kier alpha value is -2.28. The molecule has 0 unspecified atom stereocenters. The van der Waals surface area contributed by atoms with E-state index < -0.39 is 0 Å². The van der Waals surface area contributed by atoms with Crippen molar-refractivity contribution in [2.24, 2.45) is 26.8 Å². The first kappa shape index (κ1) is 12.2. The number of hydrogen-bond acceptors (Lipinski definition) is 7. The Labute approximate surface area is 108 Å². The van der Waals surface area contributed by atoms with Gasteiger partial charge in [0.2, 0.25) is 0 Å². The molecule has 0 atom stereocenters. The Morgan fingerprint density at radius 2 is 1.94 bits per heavy atom. The van der Waals surface area contributed by atoms with Crippen LogP contribution in [-0.4, -0.2) is 24.5 Å². The normalized spacial score (nSPS) is 14.0. The van der Waals surface area contributed by atoms with Gasteiger partial charge in [-0.05, 0) is 18.2 Å². The van der Waals surface area contributed by atoms with Gasteiger partial charge in [0, 0.05) is 0 Å². The minimum absolute atomic E-state index is 0.166. The monoisotopic (exact) mass is 266 g/mol. The van der Waals surface area contributed by atoms with E-state index >= 15 is 0 Å². The fourth-order valence-corrected chi connectivity index (χ4v) is 1.56. The van der Waals surface area contributed by atoms with Crippen molar-refractivity contribution < 1.29 is 4.74 Å². The van der Waals surface area contributed by atoms with Crippen molar-refractivity contribution in [1.29, 1.82) is 0 Å². The molecule has 5 N–H and O–H groups in total. The van der Waals surface area contributed by atoms with Crippen molar-refractivity contribution in [3.05, 3.63) is 23.2 Å². The van der Waals surface area contributed by atoms with E-state index in [0.717, 1.165) is 0 Å². The summed E-state index contributed by atoms with van der Waals surface area (Å²) in [4.78, 5) is 0. The number of halogens is 1. The number of methoxy groups -OCH3 is 1. The van der Waals surface area contributed by atoms with Gasteiger partial charge in [0.25, 0.3) is 0 Å². The molecule has 2 rings (SSSR count). The van der Waals surface area contributed by atoms with Crippen molar-refractivity contribution in [3.63, 3.8) is 0 Å². The van der Waals surface area contributed by atoms with Crippen LogP contribution in [0.5, 0.6) is 5.75 Å². The maximum atomic E-state index is 5.97. The molecule has 0 bridgehead atoms. The fourth-order valence-electron chi connectivity index (χ4n) is 1.30. The van der Waals surface area contributed by atoms with Gasteiger partial charge in [0.15, 0.2) is 17.4 Å². The maximum absolute atomic E-state index is 5.97. The van der Waals surface area contributed by atoms with E-state index in [1.54, 1.807) is 25.3 Å². The zero-order valence-electron chi connectivity index (χ0n) is 9.51. The molecule has 1 aliphatic heterocycles. The van der Waals surface area contributed by atoms with Gasteiger partial charge >= 0.3 is 0 Å². The van der Waals surface area contributed by atoms with Gasteiger partial charge in [-0.2, -0.15) is 5.10 Å².